The van der Waals surface area contributed by atoms with E-state index in [1.165, 1.54) is 24.3 Å². The standard InChI is InChI=1S/C10H10ClFO2/c11-6-1-7-14-10(13)8-2-4-9(12)5-3-8/h2-5H,1,6-7H2. The normalized spacial score (nSPS) is 9.86. The van der Waals surface area contributed by atoms with Crippen molar-refractivity contribution in [3.05, 3.63) is 35.6 Å². The van der Waals surface area contributed by atoms with E-state index >= 15 is 0 Å². The lowest BCUT2D eigenvalue weighted by Gasteiger charge is -2.02. The third-order valence-corrected chi connectivity index (χ3v) is 1.86. The highest BCUT2D eigenvalue weighted by atomic mass is 35.5. The van der Waals surface area contributed by atoms with E-state index in [1.807, 2.05) is 0 Å². The molecule has 76 valence electrons. The van der Waals surface area contributed by atoms with Crippen molar-refractivity contribution < 1.29 is 13.9 Å². The molecule has 0 saturated heterocycles. The molecule has 0 atom stereocenters. The van der Waals surface area contributed by atoms with Gasteiger partial charge in [0.2, 0.25) is 0 Å². The van der Waals surface area contributed by atoms with E-state index < -0.39 is 5.97 Å². The Morgan fingerprint density at radius 1 is 1.36 bits per heavy atom. The van der Waals surface area contributed by atoms with Crippen LogP contribution in [0.15, 0.2) is 24.3 Å². The summed E-state index contributed by atoms with van der Waals surface area (Å²) in [4.78, 5) is 11.2. The Labute approximate surface area is 86.6 Å². The van der Waals surface area contributed by atoms with Crippen molar-refractivity contribution in [2.24, 2.45) is 0 Å². The van der Waals surface area contributed by atoms with Crippen molar-refractivity contribution in [2.45, 2.75) is 6.42 Å². The van der Waals surface area contributed by atoms with Gasteiger partial charge in [-0.05, 0) is 30.7 Å². The minimum Gasteiger partial charge on any atom is -0.462 e. The lowest BCUT2D eigenvalue weighted by molar-refractivity contribution is 0.0506. The maximum Gasteiger partial charge on any atom is 0.338 e. The number of rotatable bonds is 4. The fourth-order valence-corrected chi connectivity index (χ4v) is 0.998. The maximum atomic E-state index is 12.5. The van der Waals surface area contributed by atoms with Crippen molar-refractivity contribution >= 4 is 17.6 Å². The summed E-state index contributed by atoms with van der Waals surface area (Å²) in [7, 11) is 0. The number of hydrogen-bond donors (Lipinski definition) is 0. The van der Waals surface area contributed by atoms with E-state index in [0.717, 1.165) is 0 Å². The highest BCUT2D eigenvalue weighted by molar-refractivity contribution is 6.17. The van der Waals surface area contributed by atoms with Gasteiger partial charge in [-0.3, -0.25) is 0 Å². The highest BCUT2D eigenvalue weighted by Crippen LogP contribution is 2.04. The second-order valence-corrected chi connectivity index (χ2v) is 3.06. The number of alkyl halides is 1. The SMILES string of the molecule is O=C(OCCCCl)c1ccc(F)cc1. The lowest BCUT2D eigenvalue weighted by atomic mass is 10.2. The third kappa shape index (κ3) is 3.34. The Hall–Kier alpha value is -1.09. The van der Waals surface area contributed by atoms with Gasteiger partial charge in [0.25, 0.3) is 0 Å². The monoisotopic (exact) mass is 216 g/mol. The Bertz CT molecular complexity index is 297. The summed E-state index contributed by atoms with van der Waals surface area (Å²) in [6.07, 6.45) is 0.620. The molecule has 0 aromatic heterocycles. The van der Waals surface area contributed by atoms with Gasteiger partial charge in [0.1, 0.15) is 5.82 Å². The van der Waals surface area contributed by atoms with E-state index in [-0.39, 0.29) is 5.82 Å². The number of ether oxygens (including phenoxy) is 1. The predicted molar refractivity (Wildman–Crippen MR) is 52.0 cm³/mol. The number of benzene rings is 1. The molecular formula is C10H10ClFO2. The molecule has 0 amide bonds. The summed E-state index contributed by atoms with van der Waals surface area (Å²) in [5, 5.41) is 0. The van der Waals surface area contributed by atoms with Gasteiger partial charge in [0.05, 0.1) is 12.2 Å². The van der Waals surface area contributed by atoms with Crippen molar-refractivity contribution in [3.8, 4) is 0 Å². The molecule has 0 N–H and O–H groups in total. The van der Waals surface area contributed by atoms with E-state index in [2.05, 4.69) is 0 Å². The average Bonchev–Trinajstić information content (AvgIpc) is 2.19. The fraction of sp³-hybridized carbons (Fsp3) is 0.300. The number of carbonyl (C=O) groups excluding carboxylic acids is 1. The van der Waals surface area contributed by atoms with E-state index in [9.17, 15) is 9.18 Å². The summed E-state index contributed by atoms with van der Waals surface area (Å²) >= 11 is 5.41. The molecule has 4 heteroatoms. The van der Waals surface area contributed by atoms with Crippen LogP contribution in [0, 0.1) is 5.82 Å². The van der Waals surface area contributed by atoms with E-state index in [0.29, 0.717) is 24.5 Å². The first kappa shape index (κ1) is 11.0. The van der Waals surface area contributed by atoms with Crippen LogP contribution in [0.1, 0.15) is 16.8 Å². The molecule has 0 saturated carbocycles. The molecule has 1 aromatic carbocycles. The number of carbonyl (C=O) groups is 1. The molecule has 0 fully saturated rings. The molecule has 0 aliphatic rings. The van der Waals surface area contributed by atoms with Crippen molar-refractivity contribution in [1.82, 2.24) is 0 Å². The molecule has 0 aliphatic heterocycles. The van der Waals surface area contributed by atoms with Crippen LogP contribution in [0.2, 0.25) is 0 Å². The van der Waals surface area contributed by atoms with Crippen LogP contribution in [0.4, 0.5) is 4.39 Å². The van der Waals surface area contributed by atoms with Gasteiger partial charge in [-0.2, -0.15) is 0 Å². The minimum absolute atomic E-state index is 0.291. The first-order chi connectivity index (χ1) is 6.74. The molecule has 0 heterocycles. The van der Waals surface area contributed by atoms with Gasteiger partial charge in [0, 0.05) is 5.88 Å². The Balaban J connectivity index is 2.48. The first-order valence-electron chi connectivity index (χ1n) is 4.22. The van der Waals surface area contributed by atoms with Crippen molar-refractivity contribution in [1.29, 1.82) is 0 Å². The molecule has 14 heavy (non-hydrogen) atoms. The summed E-state index contributed by atoms with van der Waals surface area (Å²) in [5.41, 5.74) is 0.348. The van der Waals surface area contributed by atoms with Crippen LogP contribution in [0.5, 0.6) is 0 Å². The summed E-state index contributed by atoms with van der Waals surface area (Å²) in [5.74, 6) is -0.367. The second-order valence-electron chi connectivity index (χ2n) is 2.69. The molecule has 1 rings (SSSR count). The van der Waals surface area contributed by atoms with Crippen LogP contribution >= 0.6 is 11.6 Å². The Kier molecular flexibility index (Phi) is 4.40. The number of hydrogen-bond acceptors (Lipinski definition) is 2. The lowest BCUT2D eigenvalue weighted by Crippen LogP contribution is -2.06. The molecule has 0 aliphatic carbocycles. The van der Waals surface area contributed by atoms with Gasteiger partial charge in [-0.25, -0.2) is 9.18 Å². The van der Waals surface area contributed by atoms with Crippen LogP contribution in [0.25, 0.3) is 0 Å². The van der Waals surface area contributed by atoms with Crippen molar-refractivity contribution in [3.63, 3.8) is 0 Å². The summed E-state index contributed by atoms with van der Waals surface area (Å²) in [6, 6.07) is 5.22. The van der Waals surface area contributed by atoms with Gasteiger partial charge in [-0.1, -0.05) is 0 Å². The molecule has 0 bridgehead atoms. The molecule has 2 nitrogen and oxygen atoms in total. The Morgan fingerprint density at radius 2 is 2.00 bits per heavy atom. The van der Waals surface area contributed by atoms with E-state index in [1.54, 1.807) is 0 Å². The molecule has 0 spiro atoms. The topological polar surface area (TPSA) is 26.3 Å². The van der Waals surface area contributed by atoms with Crippen molar-refractivity contribution in [2.75, 3.05) is 12.5 Å². The van der Waals surface area contributed by atoms with Gasteiger partial charge in [0.15, 0.2) is 0 Å². The zero-order valence-corrected chi connectivity index (χ0v) is 8.26. The smallest absolute Gasteiger partial charge is 0.338 e. The van der Waals surface area contributed by atoms with Crippen LogP contribution in [0.3, 0.4) is 0 Å². The Morgan fingerprint density at radius 3 is 2.57 bits per heavy atom. The zero-order chi connectivity index (χ0) is 10.4. The summed E-state index contributed by atoms with van der Waals surface area (Å²) < 4.78 is 17.3. The second kappa shape index (κ2) is 5.60. The molecule has 1 aromatic rings. The molecule has 0 radical (unpaired) electrons. The minimum atomic E-state index is -0.449. The van der Waals surface area contributed by atoms with Gasteiger partial charge in [-0.15, -0.1) is 11.6 Å². The molecule has 0 unspecified atom stereocenters. The first-order valence-corrected chi connectivity index (χ1v) is 4.76. The number of halogens is 2. The predicted octanol–water partition coefficient (Wildman–Crippen LogP) is 2.61. The van der Waals surface area contributed by atoms with Crippen LogP contribution in [-0.4, -0.2) is 18.5 Å². The fourth-order valence-electron chi connectivity index (χ4n) is 0.889. The number of esters is 1. The van der Waals surface area contributed by atoms with Crippen LogP contribution in [-0.2, 0) is 4.74 Å². The van der Waals surface area contributed by atoms with E-state index in [4.69, 9.17) is 16.3 Å². The van der Waals surface area contributed by atoms with Gasteiger partial charge < -0.3 is 4.74 Å². The largest absolute Gasteiger partial charge is 0.462 e. The quantitative estimate of drug-likeness (QED) is 0.439. The maximum absolute atomic E-state index is 12.5. The third-order valence-electron chi connectivity index (χ3n) is 1.59. The average molecular weight is 217 g/mol. The zero-order valence-electron chi connectivity index (χ0n) is 7.50. The summed E-state index contributed by atoms with van der Waals surface area (Å²) in [6.45, 7) is 0.291. The highest BCUT2D eigenvalue weighted by Gasteiger charge is 2.05. The van der Waals surface area contributed by atoms with Crippen LogP contribution < -0.4 is 0 Å². The molecular weight excluding hydrogens is 207 g/mol. The van der Waals surface area contributed by atoms with Gasteiger partial charge >= 0.3 is 5.97 Å².